The van der Waals surface area contributed by atoms with Crippen molar-refractivity contribution in [2.45, 2.75) is 39.5 Å². The zero-order valence-electron chi connectivity index (χ0n) is 15.6. The number of hydrogen-bond donors (Lipinski definition) is 2. The van der Waals surface area contributed by atoms with E-state index < -0.39 is 15.9 Å². The highest BCUT2D eigenvalue weighted by Gasteiger charge is 2.22. The van der Waals surface area contributed by atoms with E-state index in [-0.39, 0.29) is 11.5 Å². The van der Waals surface area contributed by atoms with Gasteiger partial charge in [0.05, 0.1) is 4.90 Å². The zero-order valence-corrected chi connectivity index (χ0v) is 16.5. The summed E-state index contributed by atoms with van der Waals surface area (Å²) in [6.45, 7) is 8.78. The van der Waals surface area contributed by atoms with Gasteiger partial charge < -0.3 is 4.74 Å². The molecule has 0 aliphatic rings. The Kier molecular flexibility index (Phi) is 6.05. The van der Waals surface area contributed by atoms with Gasteiger partial charge in [-0.1, -0.05) is 24.3 Å². The van der Waals surface area contributed by atoms with Crippen molar-refractivity contribution in [2.24, 2.45) is 0 Å². The van der Waals surface area contributed by atoms with Gasteiger partial charge >= 0.3 is 0 Å². The lowest BCUT2D eigenvalue weighted by molar-refractivity contribution is -0.123. The smallest absolute Gasteiger partial charge is 0.272 e. The van der Waals surface area contributed by atoms with Gasteiger partial charge in [-0.15, -0.1) is 4.83 Å². The van der Waals surface area contributed by atoms with Crippen LogP contribution in [0.4, 0.5) is 0 Å². The molecular formula is C19H24N2O4S. The van der Waals surface area contributed by atoms with Crippen LogP contribution in [0.25, 0.3) is 0 Å². The molecule has 0 saturated heterocycles. The van der Waals surface area contributed by atoms with Gasteiger partial charge in [0, 0.05) is 0 Å². The highest BCUT2D eigenvalue weighted by atomic mass is 32.2. The van der Waals surface area contributed by atoms with Gasteiger partial charge in [0.15, 0.2) is 6.61 Å². The Bertz CT molecular complexity index is 911. The molecule has 0 spiro atoms. The molecule has 2 aromatic carbocycles. The molecule has 26 heavy (non-hydrogen) atoms. The van der Waals surface area contributed by atoms with E-state index in [0.717, 1.165) is 16.7 Å². The average Bonchev–Trinajstić information content (AvgIpc) is 2.57. The Morgan fingerprint density at radius 2 is 1.54 bits per heavy atom. The van der Waals surface area contributed by atoms with Crippen molar-refractivity contribution in [3.05, 3.63) is 58.1 Å². The van der Waals surface area contributed by atoms with Gasteiger partial charge in [-0.05, 0) is 68.5 Å². The topological polar surface area (TPSA) is 84.5 Å². The summed E-state index contributed by atoms with van der Waals surface area (Å²) in [7, 11) is -3.89. The molecule has 1 amide bonds. The van der Waals surface area contributed by atoms with E-state index in [1.807, 2.05) is 39.0 Å². The first-order chi connectivity index (χ1) is 12.1. The number of carbonyl (C=O) groups is 1. The second-order valence-electron chi connectivity index (χ2n) is 6.30. The van der Waals surface area contributed by atoms with Crippen LogP contribution >= 0.6 is 0 Å². The summed E-state index contributed by atoms with van der Waals surface area (Å²) < 4.78 is 30.7. The van der Waals surface area contributed by atoms with E-state index in [1.165, 1.54) is 0 Å². The van der Waals surface area contributed by atoms with Crippen LogP contribution in [0.15, 0.2) is 35.2 Å². The quantitative estimate of drug-likeness (QED) is 0.759. The molecule has 0 saturated carbocycles. The predicted molar refractivity (Wildman–Crippen MR) is 101 cm³/mol. The summed E-state index contributed by atoms with van der Waals surface area (Å²) in [5, 5.41) is 0. The Morgan fingerprint density at radius 3 is 2.12 bits per heavy atom. The summed E-state index contributed by atoms with van der Waals surface area (Å²) in [6, 6.07) is 9.22. The first kappa shape index (κ1) is 19.9. The van der Waals surface area contributed by atoms with E-state index in [1.54, 1.807) is 26.0 Å². The maximum absolute atomic E-state index is 12.6. The second-order valence-corrected chi connectivity index (χ2v) is 7.92. The van der Waals surface area contributed by atoms with Crippen LogP contribution in [0.3, 0.4) is 0 Å². The summed E-state index contributed by atoms with van der Waals surface area (Å²) in [5.41, 5.74) is 6.17. The van der Waals surface area contributed by atoms with E-state index in [0.29, 0.717) is 16.9 Å². The fourth-order valence-corrected chi connectivity index (χ4v) is 4.14. The summed E-state index contributed by atoms with van der Waals surface area (Å²) in [6.07, 6.45) is 0. The number of benzene rings is 2. The van der Waals surface area contributed by atoms with E-state index in [2.05, 4.69) is 10.3 Å². The third-order valence-corrected chi connectivity index (χ3v) is 5.86. The molecule has 0 unspecified atom stereocenters. The Hall–Kier alpha value is -2.38. The highest BCUT2D eigenvalue weighted by molar-refractivity contribution is 7.89. The predicted octanol–water partition coefficient (Wildman–Crippen LogP) is 2.62. The Balaban J connectivity index is 2.07. The number of ether oxygens (including phenoxy) is 1. The number of sulfonamides is 1. The summed E-state index contributed by atoms with van der Waals surface area (Å²) in [5.74, 6) is -0.0111. The molecule has 0 fully saturated rings. The number of hydrazine groups is 1. The third kappa shape index (κ3) is 4.42. The number of rotatable bonds is 6. The van der Waals surface area contributed by atoms with Crippen molar-refractivity contribution >= 4 is 15.9 Å². The number of para-hydroxylation sites is 1. The van der Waals surface area contributed by atoms with Crippen LogP contribution in [-0.4, -0.2) is 20.9 Å². The van der Waals surface area contributed by atoms with Gasteiger partial charge in [0.2, 0.25) is 0 Å². The Labute approximate surface area is 154 Å². The minimum atomic E-state index is -3.89. The molecule has 2 rings (SSSR count). The zero-order chi connectivity index (χ0) is 19.5. The highest BCUT2D eigenvalue weighted by Crippen LogP contribution is 2.25. The summed E-state index contributed by atoms with van der Waals surface area (Å²) in [4.78, 5) is 14.3. The van der Waals surface area contributed by atoms with Gasteiger partial charge in [-0.25, -0.2) is 8.42 Å². The van der Waals surface area contributed by atoms with Crippen LogP contribution in [0.5, 0.6) is 5.75 Å². The number of nitrogens with one attached hydrogen (secondary N) is 2. The maximum atomic E-state index is 12.6. The average molecular weight is 376 g/mol. The number of carbonyl (C=O) groups excluding carboxylic acids is 1. The van der Waals surface area contributed by atoms with E-state index >= 15 is 0 Å². The van der Waals surface area contributed by atoms with Crippen molar-refractivity contribution in [2.75, 3.05) is 6.61 Å². The number of hydrogen-bond acceptors (Lipinski definition) is 4. The molecule has 140 valence electrons. The van der Waals surface area contributed by atoms with Gasteiger partial charge in [-0.2, -0.15) is 0 Å². The maximum Gasteiger partial charge on any atom is 0.272 e. The molecule has 2 aromatic rings. The van der Waals surface area contributed by atoms with Crippen LogP contribution in [0, 0.1) is 34.6 Å². The number of aryl methyl sites for hydroxylation is 3. The fourth-order valence-electron chi connectivity index (χ4n) is 2.66. The van der Waals surface area contributed by atoms with Crippen LogP contribution in [0.1, 0.15) is 27.8 Å². The SMILES string of the molecule is Cc1ccccc1OCC(=O)NNS(=O)(=O)c1c(C)c(C)cc(C)c1C. The molecule has 0 atom stereocenters. The van der Waals surface area contributed by atoms with Gasteiger partial charge in [0.1, 0.15) is 5.75 Å². The first-order valence-corrected chi connectivity index (χ1v) is 9.68. The molecule has 0 aromatic heterocycles. The van der Waals surface area contributed by atoms with Crippen molar-refractivity contribution in [1.29, 1.82) is 0 Å². The lowest BCUT2D eigenvalue weighted by atomic mass is 10.0. The van der Waals surface area contributed by atoms with Crippen LogP contribution in [-0.2, 0) is 14.8 Å². The first-order valence-electron chi connectivity index (χ1n) is 8.20. The van der Waals surface area contributed by atoms with Gasteiger partial charge in [0.25, 0.3) is 15.9 Å². The lowest BCUT2D eigenvalue weighted by Gasteiger charge is -2.16. The standard InChI is InChI=1S/C19H24N2O4S/c1-12-8-6-7-9-17(12)25-11-18(22)20-21-26(23,24)19-15(4)13(2)10-14(3)16(19)5/h6-10,21H,11H2,1-5H3,(H,20,22). The van der Waals surface area contributed by atoms with E-state index in [9.17, 15) is 13.2 Å². The third-order valence-electron chi connectivity index (χ3n) is 4.34. The van der Waals surface area contributed by atoms with Crippen molar-refractivity contribution < 1.29 is 17.9 Å². The molecular weight excluding hydrogens is 352 g/mol. The monoisotopic (exact) mass is 376 g/mol. The molecule has 0 bridgehead atoms. The number of amides is 1. The molecule has 0 aliphatic carbocycles. The molecule has 0 heterocycles. The molecule has 0 aliphatic heterocycles. The second kappa shape index (κ2) is 7.88. The fraction of sp³-hybridized carbons (Fsp3) is 0.316. The normalized spacial score (nSPS) is 11.3. The molecule has 6 nitrogen and oxygen atoms in total. The molecule has 2 N–H and O–H groups in total. The van der Waals surface area contributed by atoms with Crippen LogP contribution < -0.4 is 15.0 Å². The molecule has 7 heteroatoms. The van der Waals surface area contributed by atoms with Crippen molar-refractivity contribution in [3.63, 3.8) is 0 Å². The van der Waals surface area contributed by atoms with Crippen molar-refractivity contribution in [1.82, 2.24) is 10.3 Å². The van der Waals surface area contributed by atoms with Gasteiger partial charge in [-0.3, -0.25) is 10.2 Å². The van der Waals surface area contributed by atoms with Crippen LogP contribution in [0.2, 0.25) is 0 Å². The van der Waals surface area contributed by atoms with E-state index in [4.69, 9.17) is 4.74 Å². The Morgan fingerprint density at radius 1 is 0.962 bits per heavy atom. The van der Waals surface area contributed by atoms with Crippen molar-refractivity contribution in [3.8, 4) is 5.75 Å². The largest absolute Gasteiger partial charge is 0.483 e. The minimum Gasteiger partial charge on any atom is -0.483 e. The summed E-state index contributed by atoms with van der Waals surface area (Å²) >= 11 is 0. The molecule has 0 radical (unpaired) electrons. The minimum absolute atomic E-state index is 0.190. The lowest BCUT2D eigenvalue weighted by Crippen LogP contribution is -2.44.